The minimum absolute atomic E-state index is 0.0423. The van der Waals surface area contributed by atoms with Crippen LogP contribution in [0, 0.1) is 13.8 Å². The van der Waals surface area contributed by atoms with Gasteiger partial charge in [0.25, 0.3) is 11.8 Å². The molecule has 2 amide bonds. The third-order valence-electron chi connectivity index (χ3n) is 5.51. The van der Waals surface area contributed by atoms with Crippen molar-refractivity contribution < 1.29 is 18.0 Å². The van der Waals surface area contributed by atoms with Gasteiger partial charge in [0.15, 0.2) is 0 Å². The van der Waals surface area contributed by atoms with Crippen LogP contribution in [0.15, 0.2) is 41.3 Å². The second-order valence-corrected chi connectivity index (χ2v) is 10.5. The number of nitrogens with one attached hydrogen (secondary N) is 3. The van der Waals surface area contributed by atoms with Crippen LogP contribution in [-0.4, -0.2) is 44.2 Å². The van der Waals surface area contributed by atoms with Crippen LogP contribution >= 0.6 is 11.6 Å². The van der Waals surface area contributed by atoms with E-state index in [9.17, 15) is 18.0 Å². The van der Waals surface area contributed by atoms with Crippen LogP contribution in [0.1, 0.15) is 47.2 Å². The number of carbonyl (C=O) groups excluding carboxylic acids is 2. The van der Waals surface area contributed by atoms with E-state index < -0.39 is 21.8 Å². The molecule has 3 rings (SSSR count). The van der Waals surface area contributed by atoms with Gasteiger partial charge in [0.2, 0.25) is 10.0 Å². The standard InChI is InChI=1S/C23H29ClN4O4S/c1-16-7-10-20(17(2)13-16)25-15-22(29)26-27-23(30)18-8-9-19(24)21(14-18)33(31,32)28-11-5-3-4-6-12-28/h7-10,13-14,25H,3-6,11-12,15H2,1-2H3,(H,26,29)(H,27,30). The Kier molecular flexibility index (Phi) is 8.34. The normalized spacial score (nSPS) is 14.9. The van der Waals surface area contributed by atoms with E-state index in [1.165, 1.54) is 22.5 Å². The number of rotatable bonds is 6. The lowest BCUT2D eigenvalue weighted by molar-refractivity contribution is -0.120. The number of aryl methyl sites for hydroxylation is 2. The molecule has 0 atom stereocenters. The zero-order valence-electron chi connectivity index (χ0n) is 18.8. The number of amides is 2. The molecule has 0 saturated carbocycles. The Balaban J connectivity index is 1.62. The topological polar surface area (TPSA) is 108 Å². The summed E-state index contributed by atoms with van der Waals surface area (Å²) in [5, 5.41) is 3.07. The number of nitrogens with zero attached hydrogens (tertiary/aromatic N) is 1. The number of anilines is 1. The number of carbonyl (C=O) groups is 2. The zero-order chi connectivity index (χ0) is 24.0. The van der Waals surface area contributed by atoms with E-state index in [-0.39, 0.29) is 22.0 Å². The summed E-state index contributed by atoms with van der Waals surface area (Å²) in [6.45, 7) is 4.74. The van der Waals surface area contributed by atoms with Gasteiger partial charge in [0, 0.05) is 24.3 Å². The fraction of sp³-hybridized carbons (Fsp3) is 0.391. The highest BCUT2D eigenvalue weighted by molar-refractivity contribution is 7.89. The lowest BCUT2D eigenvalue weighted by Gasteiger charge is -2.21. The first kappa shape index (κ1) is 25.0. The van der Waals surface area contributed by atoms with Crippen LogP contribution < -0.4 is 16.2 Å². The van der Waals surface area contributed by atoms with Crippen molar-refractivity contribution in [3.05, 3.63) is 58.1 Å². The SMILES string of the molecule is Cc1ccc(NCC(=O)NNC(=O)c2ccc(Cl)c(S(=O)(=O)N3CCCCCC3)c2)c(C)c1. The van der Waals surface area contributed by atoms with Crippen molar-refractivity contribution in [2.75, 3.05) is 25.0 Å². The van der Waals surface area contributed by atoms with Crippen molar-refractivity contribution in [2.24, 2.45) is 0 Å². The first-order chi connectivity index (χ1) is 15.7. The number of hydrogen-bond acceptors (Lipinski definition) is 5. The number of hydrogen-bond donors (Lipinski definition) is 3. The molecule has 2 aromatic carbocycles. The zero-order valence-corrected chi connectivity index (χ0v) is 20.4. The minimum atomic E-state index is -3.83. The highest BCUT2D eigenvalue weighted by Crippen LogP contribution is 2.27. The largest absolute Gasteiger partial charge is 0.376 e. The Morgan fingerprint density at radius 2 is 1.67 bits per heavy atom. The Bertz CT molecular complexity index is 1130. The average molecular weight is 493 g/mol. The third kappa shape index (κ3) is 6.46. The van der Waals surface area contributed by atoms with E-state index in [1.54, 1.807) is 0 Å². The molecule has 0 bridgehead atoms. The van der Waals surface area contributed by atoms with E-state index in [4.69, 9.17) is 11.6 Å². The molecule has 1 saturated heterocycles. The van der Waals surface area contributed by atoms with Crippen molar-refractivity contribution in [1.29, 1.82) is 0 Å². The summed E-state index contributed by atoms with van der Waals surface area (Å²) >= 11 is 6.18. The molecular weight excluding hydrogens is 464 g/mol. The molecular formula is C23H29ClN4O4S. The van der Waals surface area contributed by atoms with Crippen LogP contribution in [-0.2, 0) is 14.8 Å². The molecule has 1 heterocycles. The third-order valence-corrected chi connectivity index (χ3v) is 7.89. The van der Waals surface area contributed by atoms with Gasteiger partial charge < -0.3 is 5.32 Å². The first-order valence-corrected chi connectivity index (χ1v) is 12.7. The molecule has 0 unspecified atom stereocenters. The van der Waals surface area contributed by atoms with Gasteiger partial charge >= 0.3 is 0 Å². The Morgan fingerprint density at radius 1 is 0.970 bits per heavy atom. The van der Waals surface area contributed by atoms with Gasteiger partial charge in [-0.1, -0.05) is 42.1 Å². The summed E-state index contributed by atoms with van der Waals surface area (Å²) in [6, 6.07) is 9.87. The summed E-state index contributed by atoms with van der Waals surface area (Å²) in [6.07, 6.45) is 3.55. The van der Waals surface area contributed by atoms with Crippen molar-refractivity contribution >= 4 is 39.1 Å². The number of hydrazine groups is 1. The molecule has 8 nitrogen and oxygen atoms in total. The molecule has 33 heavy (non-hydrogen) atoms. The maximum atomic E-state index is 13.1. The van der Waals surface area contributed by atoms with Crippen molar-refractivity contribution in [3.63, 3.8) is 0 Å². The van der Waals surface area contributed by atoms with Crippen molar-refractivity contribution in [1.82, 2.24) is 15.2 Å². The lowest BCUT2D eigenvalue weighted by atomic mass is 10.1. The van der Waals surface area contributed by atoms with Gasteiger partial charge in [-0.2, -0.15) is 4.31 Å². The molecule has 3 N–H and O–H groups in total. The maximum Gasteiger partial charge on any atom is 0.269 e. The summed E-state index contributed by atoms with van der Waals surface area (Å²) < 4.78 is 27.6. The molecule has 0 radical (unpaired) electrons. The maximum absolute atomic E-state index is 13.1. The monoisotopic (exact) mass is 492 g/mol. The summed E-state index contributed by atoms with van der Waals surface area (Å²) in [7, 11) is -3.83. The molecule has 10 heteroatoms. The number of halogens is 1. The number of sulfonamides is 1. The summed E-state index contributed by atoms with van der Waals surface area (Å²) in [5.74, 6) is -1.09. The molecule has 178 valence electrons. The molecule has 0 aromatic heterocycles. The van der Waals surface area contributed by atoms with Gasteiger partial charge in [-0.3, -0.25) is 20.4 Å². The highest BCUT2D eigenvalue weighted by atomic mass is 35.5. The van der Waals surface area contributed by atoms with Crippen LogP contribution in [0.25, 0.3) is 0 Å². The number of benzene rings is 2. The van der Waals surface area contributed by atoms with E-state index in [0.29, 0.717) is 13.1 Å². The molecule has 0 aliphatic carbocycles. The molecule has 2 aromatic rings. The molecule has 1 aliphatic heterocycles. The Morgan fingerprint density at radius 3 is 2.33 bits per heavy atom. The average Bonchev–Trinajstić information content (AvgIpc) is 3.07. The molecule has 1 fully saturated rings. The lowest BCUT2D eigenvalue weighted by Crippen LogP contribution is -2.44. The predicted octanol–water partition coefficient (Wildman–Crippen LogP) is 3.39. The van der Waals surface area contributed by atoms with Gasteiger partial charge in [-0.25, -0.2) is 8.42 Å². The highest BCUT2D eigenvalue weighted by Gasteiger charge is 2.28. The van der Waals surface area contributed by atoms with E-state index >= 15 is 0 Å². The van der Waals surface area contributed by atoms with Crippen LogP contribution in [0.5, 0.6) is 0 Å². The van der Waals surface area contributed by atoms with Gasteiger partial charge in [0.05, 0.1) is 11.6 Å². The van der Waals surface area contributed by atoms with Crippen LogP contribution in [0.4, 0.5) is 5.69 Å². The summed E-state index contributed by atoms with van der Waals surface area (Å²) in [5.41, 5.74) is 7.68. The van der Waals surface area contributed by atoms with Gasteiger partial charge in [-0.15, -0.1) is 0 Å². The van der Waals surface area contributed by atoms with E-state index in [1.807, 2.05) is 32.0 Å². The van der Waals surface area contributed by atoms with E-state index in [2.05, 4.69) is 16.2 Å². The second kappa shape index (κ2) is 11.0. The smallest absolute Gasteiger partial charge is 0.269 e. The van der Waals surface area contributed by atoms with Crippen molar-refractivity contribution in [2.45, 2.75) is 44.4 Å². The van der Waals surface area contributed by atoms with Crippen LogP contribution in [0.2, 0.25) is 5.02 Å². The fourth-order valence-electron chi connectivity index (χ4n) is 3.69. The first-order valence-electron chi connectivity index (χ1n) is 10.9. The Labute approximate surface area is 199 Å². The molecule has 0 spiro atoms. The minimum Gasteiger partial charge on any atom is -0.376 e. The van der Waals surface area contributed by atoms with Crippen LogP contribution in [0.3, 0.4) is 0 Å². The van der Waals surface area contributed by atoms with Crippen molar-refractivity contribution in [3.8, 4) is 0 Å². The summed E-state index contributed by atoms with van der Waals surface area (Å²) in [4.78, 5) is 24.6. The fourth-order valence-corrected chi connectivity index (χ4v) is 5.71. The molecule has 1 aliphatic rings. The predicted molar refractivity (Wildman–Crippen MR) is 129 cm³/mol. The second-order valence-electron chi connectivity index (χ2n) is 8.14. The quantitative estimate of drug-likeness (QED) is 0.536. The van der Waals surface area contributed by atoms with Gasteiger partial charge in [-0.05, 0) is 56.5 Å². The van der Waals surface area contributed by atoms with E-state index in [0.717, 1.165) is 42.5 Å². The van der Waals surface area contributed by atoms with Gasteiger partial charge in [0.1, 0.15) is 4.90 Å². The Hall–Kier alpha value is -2.62.